The summed E-state index contributed by atoms with van der Waals surface area (Å²) in [6.45, 7) is 9.23. The lowest BCUT2D eigenvalue weighted by atomic mass is 9.77. The van der Waals surface area contributed by atoms with Crippen LogP contribution in [0.3, 0.4) is 0 Å². The maximum atomic E-state index is 9.75. The second-order valence-electron chi connectivity index (χ2n) is 7.15. The van der Waals surface area contributed by atoms with E-state index in [1.807, 2.05) is 13.8 Å². The monoisotopic (exact) mass is 266 g/mol. The molecule has 2 aliphatic carbocycles. The summed E-state index contributed by atoms with van der Waals surface area (Å²) in [4.78, 5) is 0. The van der Waals surface area contributed by atoms with Crippen molar-refractivity contribution >= 4 is 0 Å². The van der Waals surface area contributed by atoms with Gasteiger partial charge in [-0.15, -0.1) is 0 Å². The summed E-state index contributed by atoms with van der Waals surface area (Å²) in [7, 11) is 0. The van der Waals surface area contributed by atoms with Crippen molar-refractivity contribution in [1.29, 1.82) is 0 Å². The highest BCUT2D eigenvalue weighted by atomic mass is 16.6. The highest BCUT2D eigenvalue weighted by Crippen LogP contribution is 2.52. The van der Waals surface area contributed by atoms with Gasteiger partial charge in [0.2, 0.25) is 0 Å². The van der Waals surface area contributed by atoms with Gasteiger partial charge in [0.1, 0.15) is 0 Å². The summed E-state index contributed by atoms with van der Waals surface area (Å²) in [5, 5.41) is 9.75. The first-order valence-electron chi connectivity index (χ1n) is 7.97. The first-order valence-corrected chi connectivity index (χ1v) is 7.97. The third kappa shape index (κ3) is 3.61. The zero-order chi connectivity index (χ0) is 14.0. The van der Waals surface area contributed by atoms with Crippen LogP contribution in [0.1, 0.15) is 59.8 Å². The molecule has 0 aliphatic heterocycles. The zero-order valence-electron chi connectivity index (χ0n) is 13.0. The molecular weight excluding hydrogens is 236 g/mol. The van der Waals surface area contributed by atoms with Gasteiger partial charge >= 0.3 is 0 Å². The standard InChI is InChI=1S/C17H30O2/c1-12(2)16(18)19-11-17(4)10-15(17)13(3)14-8-6-5-7-9-14/h10,12-14,16,18H,5-9,11H2,1-4H3/t13-,16?,17-/m0/s1. The van der Waals surface area contributed by atoms with Crippen LogP contribution >= 0.6 is 0 Å². The Balaban J connectivity index is 1.79. The topological polar surface area (TPSA) is 29.5 Å². The molecule has 3 atom stereocenters. The minimum atomic E-state index is -0.628. The van der Waals surface area contributed by atoms with Crippen LogP contribution in [-0.2, 0) is 4.74 Å². The Morgan fingerprint density at radius 2 is 1.89 bits per heavy atom. The molecule has 2 aliphatic rings. The lowest BCUT2D eigenvalue weighted by Gasteiger charge is -2.29. The molecule has 0 amide bonds. The van der Waals surface area contributed by atoms with Crippen LogP contribution in [-0.4, -0.2) is 18.0 Å². The van der Waals surface area contributed by atoms with E-state index < -0.39 is 6.29 Å². The van der Waals surface area contributed by atoms with E-state index in [-0.39, 0.29) is 11.3 Å². The molecule has 0 heterocycles. The fourth-order valence-electron chi connectivity index (χ4n) is 3.42. The number of rotatable bonds is 6. The number of ether oxygens (including phenoxy) is 1. The van der Waals surface area contributed by atoms with E-state index in [0.717, 1.165) is 5.92 Å². The van der Waals surface area contributed by atoms with Gasteiger partial charge in [0.25, 0.3) is 0 Å². The molecule has 110 valence electrons. The molecule has 1 saturated carbocycles. The first-order chi connectivity index (χ1) is 8.94. The molecule has 0 spiro atoms. The van der Waals surface area contributed by atoms with Gasteiger partial charge in [0.05, 0.1) is 6.61 Å². The minimum Gasteiger partial charge on any atom is -0.368 e. The fourth-order valence-corrected chi connectivity index (χ4v) is 3.42. The molecule has 1 unspecified atom stereocenters. The van der Waals surface area contributed by atoms with Crippen molar-refractivity contribution in [2.75, 3.05) is 6.61 Å². The molecule has 0 saturated heterocycles. The highest BCUT2D eigenvalue weighted by Gasteiger charge is 2.44. The van der Waals surface area contributed by atoms with Crippen LogP contribution in [0.25, 0.3) is 0 Å². The Morgan fingerprint density at radius 3 is 2.47 bits per heavy atom. The second-order valence-corrected chi connectivity index (χ2v) is 7.15. The molecule has 1 N–H and O–H groups in total. The normalized spacial score (nSPS) is 31.2. The quantitative estimate of drug-likeness (QED) is 0.578. The van der Waals surface area contributed by atoms with Crippen LogP contribution in [0.15, 0.2) is 11.6 Å². The summed E-state index contributed by atoms with van der Waals surface area (Å²) in [5.41, 5.74) is 1.68. The van der Waals surface area contributed by atoms with E-state index in [0.29, 0.717) is 12.5 Å². The van der Waals surface area contributed by atoms with Crippen LogP contribution in [0.5, 0.6) is 0 Å². The number of hydrogen-bond acceptors (Lipinski definition) is 2. The maximum Gasteiger partial charge on any atom is 0.156 e. The van der Waals surface area contributed by atoms with Crippen molar-refractivity contribution in [3.63, 3.8) is 0 Å². The van der Waals surface area contributed by atoms with Gasteiger partial charge < -0.3 is 9.84 Å². The molecular formula is C17H30O2. The van der Waals surface area contributed by atoms with E-state index in [2.05, 4.69) is 19.9 Å². The van der Waals surface area contributed by atoms with Crippen molar-refractivity contribution in [3.8, 4) is 0 Å². The van der Waals surface area contributed by atoms with Crippen molar-refractivity contribution in [1.82, 2.24) is 0 Å². The summed E-state index contributed by atoms with van der Waals surface area (Å²) in [6, 6.07) is 0. The average Bonchev–Trinajstić information content (AvgIpc) is 3.08. The number of hydrogen-bond donors (Lipinski definition) is 1. The second kappa shape index (κ2) is 5.97. The Hall–Kier alpha value is -0.340. The Labute approximate surface area is 118 Å². The molecule has 2 rings (SSSR count). The number of aliphatic hydroxyl groups is 1. The zero-order valence-corrected chi connectivity index (χ0v) is 13.0. The predicted octanol–water partition coefficient (Wildman–Crippen LogP) is 4.14. The lowest BCUT2D eigenvalue weighted by molar-refractivity contribution is -0.135. The summed E-state index contributed by atoms with van der Waals surface area (Å²) in [6.07, 6.45) is 8.75. The Morgan fingerprint density at radius 1 is 1.26 bits per heavy atom. The van der Waals surface area contributed by atoms with Crippen molar-refractivity contribution in [2.24, 2.45) is 23.2 Å². The summed E-state index contributed by atoms with van der Waals surface area (Å²) in [5.74, 6) is 1.74. The van der Waals surface area contributed by atoms with Gasteiger partial charge in [-0.2, -0.15) is 0 Å². The lowest BCUT2D eigenvalue weighted by Crippen LogP contribution is -2.25. The van der Waals surface area contributed by atoms with Gasteiger partial charge in [-0.25, -0.2) is 0 Å². The Kier molecular flexibility index (Phi) is 4.73. The highest BCUT2D eigenvalue weighted by molar-refractivity contribution is 5.39. The van der Waals surface area contributed by atoms with Gasteiger partial charge in [-0.05, 0) is 24.7 Å². The molecule has 2 heteroatoms. The maximum absolute atomic E-state index is 9.75. The smallest absolute Gasteiger partial charge is 0.156 e. The SMILES string of the molecule is CC(C)C(O)OC[C@]1(C)C=C1[C@@H](C)C1CCCCC1. The Bertz CT molecular complexity index is 328. The van der Waals surface area contributed by atoms with Gasteiger partial charge in [-0.3, -0.25) is 0 Å². The first kappa shape index (κ1) is 15.1. The molecule has 2 nitrogen and oxygen atoms in total. The van der Waals surface area contributed by atoms with E-state index >= 15 is 0 Å². The fraction of sp³-hybridized carbons (Fsp3) is 0.882. The van der Waals surface area contributed by atoms with Crippen molar-refractivity contribution in [3.05, 3.63) is 11.6 Å². The van der Waals surface area contributed by atoms with E-state index in [1.54, 1.807) is 5.57 Å². The van der Waals surface area contributed by atoms with Gasteiger partial charge in [0, 0.05) is 11.3 Å². The number of aliphatic hydroxyl groups excluding tert-OH is 1. The largest absolute Gasteiger partial charge is 0.368 e. The van der Waals surface area contributed by atoms with Crippen LogP contribution in [0, 0.1) is 23.2 Å². The van der Waals surface area contributed by atoms with Crippen molar-refractivity contribution < 1.29 is 9.84 Å². The molecule has 19 heavy (non-hydrogen) atoms. The average molecular weight is 266 g/mol. The van der Waals surface area contributed by atoms with Gasteiger partial charge in [0.15, 0.2) is 6.29 Å². The molecule has 0 aromatic heterocycles. The molecule has 0 aromatic carbocycles. The molecule has 0 aromatic rings. The van der Waals surface area contributed by atoms with Crippen LogP contribution in [0.4, 0.5) is 0 Å². The molecule has 0 radical (unpaired) electrons. The molecule has 0 bridgehead atoms. The van der Waals surface area contributed by atoms with E-state index in [1.165, 1.54) is 32.1 Å². The summed E-state index contributed by atoms with van der Waals surface area (Å²) < 4.78 is 5.60. The van der Waals surface area contributed by atoms with Crippen LogP contribution in [0.2, 0.25) is 0 Å². The van der Waals surface area contributed by atoms with Crippen LogP contribution < -0.4 is 0 Å². The third-order valence-corrected chi connectivity index (χ3v) is 5.02. The van der Waals surface area contributed by atoms with E-state index in [9.17, 15) is 5.11 Å². The predicted molar refractivity (Wildman–Crippen MR) is 78.7 cm³/mol. The summed E-state index contributed by atoms with van der Waals surface area (Å²) >= 11 is 0. The van der Waals surface area contributed by atoms with E-state index in [4.69, 9.17) is 4.74 Å². The molecule has 1 fully saturated rings. The third-order valence-electron chi connectivity index (χ3n) is 5.02. The minimum absolute atomic E-state index is 0.118. The van der Waals surface area contributed by atoms with Crippen molar-refractivity contribution in [2.45, 2.75) is 66.1 Å². The van der Waals surface area contributed by atoms with Gasteiger partial charge in [-0.1, -0.05) is 58.6 Å².